The predicted octanol–water partition coefficient (Wildman–Crippen LogP) is 7.71. The second-order valence-corrected chi connectivity index (χ2v) is 19.3. The Morgan fingerprint density at radius 1 is 1.19 bits per heavy atom. The van der Waals surface area contributed by atoms with E-state index in [2.05, 4.69) is 47.8 Å². The molecule has 2 aliphatic carbocycles. The van der Waals surface area contributed by atoms with Gasteiger partial charge in [-0.15, -0.1) is 23.5 Å². The summed E-state index contributed by atoms with van der Waals surface area (Å²) in [5, 5.41) is 0.749. The van der Waals surface area contributed by atoms with E-state index >= 15 is 0 Å². The Balaban J connectivity index is 1.39. The van der Waals surface area contributed by atoms with Gasteiger partial charge in [-0.1, -0.05) is 43.7 Å². The van der Waals surface area contributed by atoms with Crippen molar-refractivity contribution in [2.45, 2.75) is 74.9 Å². The lowest BCUT2D eigenvalue weighted by Crippen LogP contribution is -2.56. The number of hydrogen-bond donors (Lipinski definition) is 1. The van der Waals surface area contributed by atoms with E-state index in [0.717, 1.165) is 73.2 Å². The molecule has 0 aromatic heterocycles. The lowest BCUT2D eigenvalue weighted by molar-refractivity contribution is -0.0639. The number of amides is 1. The van der Waals surface area contributed by atoms with E-state index in [1.165, 1.54) is 24.5 Å². The molecular formula is C37H49ClN2O5S3. The van der Waals surface area contributed by atoms with Crippen LogP contribution in [0.1, 0.15) is 74.4 Å². The van der Waals surface area contributed by atoms with Gasteiger partial charge in [-0.05, 0) is 116 Å². The molecule has 48 heavy (non-hydrogen) atoms. The number of thioether (sulfide) groups is 2. The average Bonchev–Trinajstić information content (AvgIpc) is 3.21. The van der Waals surface area contributed by atoms with Crippen molar-refractivity contribution in [3.63, 3.8) is 0 Å². The van der Waals surface area contributed by atoms with Gasteiger partial charge in [0.25, 0.3) is 5.91 Å². The van der Waals surface area contributed by atoms with Gasteiger partial charge < -0.3 is 14.4 Å². The molecule has 0 unspecified atom stereocenters. The molecule has 2 aromatic carbocycles. The van der Waals surface area contributed by atoms with Gasteiger partial charge in [0, 0.05) is 36.2 Å². The number of fused-ring (bicyclic) bond motifs is 3. The Kier molecular flexibility index (Phi) is 11.1. The second kappa shape index (κ2) is 14.8. The van der Waals surface area contributed by atoms with Crippen LogP contribution in [-0.4, -0.2) is 68.6 Å². The van der Waals surface area contributed by atoms with Crippen LogP contribution in [0.5, 0.6) is 5.75 Å². The van der Waals surface area contributed by atoms with Crippen LogP contribution in [0.25, 0.3) is 0 Å². The number of aryl methyl sites for hydroxylation is 1. The van der Waals surface area contributed by atoms with Crippen LogP contribution in [0, 0.1) is 17.8 Å². The fraction of sp³-hybridized carbons (Fsp3) is 0.595. The molecular weight excluding hydrogens is 684 g/mol. The fourth-order valence-corrected chi connectivity index (χ4v) is 12.1. The van der Waals surface area contributed by atoms with Crippen molar-refractivity contribution < 1.29 is 22.7 Å². The van der Waals surface area contributed by atoms with Gasteiger partial charge in [-0.25, -0.2) is 13.1 Å². The number of carbonyl (C=O) groups is 1. The van der Waals surface area contributed by atoms with Gasteiger partial charge in [0.15, 0.2) is 0 Å². The van der Waals surface area contributed by atoms with E-state index in [1.54, 1.807) is 6.07 Å². The monoisotopic (exact) mass is 732 g/mol. The van der Waals surface area contributed by atoms with Crippen LogP contribution in [0.4, 0.5) is 5.69 Å². The Labute approximate surface area is 300 Å². The van der Waals surface area contributed by atoms with Crippen LogP contribution >= 0.6 is 35.1 Å². The highest BCUT2D eigenvalue weighted by Gasteiger charge is 2.53. The lowest BCUT2D eigenvalue weighted by atomic mass is 9.64. The Bertz CT molecular complexity index is 1630. The summed E-state index contributed by atoms with van der Waals surface area (Å²) in [6.45, 7) is 7.99. The number of ether oxygens (including phenoxy) is 2. The number of rotatable bonds is 10. The zero-order valence-electron chi connectivity index (χ0n) is 28.5. The first-order valence-electron chi connectivity index (χ1n) is 17.3. The van der Waals surface area contributed by atoms with Crippen molar-refractivity contribution >= 4 is 56.7 Å². The second-order valence-electron chi connectivity index (χ2n) is 14.2. The molecule has 11 heteroatoms. The van der Waals surface area contributed by atoms with Crippen LogP contribution in [-0.2, 0) is 26.6 Å². The van der Waals surface area contributed by atoms with E-state index in [4.69, 9.17) is 21.1 Å². The first-order valence-corrected chi connectivity index (χ1v) is 21.4. The zero-order valence-corrected chi connectivity index (χ0v) is 31.7. The molecule has 2 fully saturated rings. The third-order valence-electron chi connectivity index (χ3n) is 10.7. The highest BCUT2D eigenvalue weighted by Crippen LogP contribution is 2.54. The highest BCUT2D eigenvalue weighted by atomic mass is 35.5. The fourth-order valence-electron chi connectivity index (χ4n) is 7.98. The summed E-state index contributed by atoms with van der Waals surface area (Å²) in [6.07, 6.45) is 11.1. The van der Waals surface area contributed by atoms with Crippen molar-refractivity contribution in [3.05, 3.63) is 70.3 Å². The van der Waals surface area contributed by atoms with Crippen LogP contribution in [0.15, 0.2) is 48.6 Å². The summed E-state index contributed by atoms with van der Waals surface area (Å²) in [7, 11) is -1.82. The minimum Gasteiger partial charge on any atom is -0.490 e. The molecule has 2 aromatic rings. The highest BCUT2D eigenvalue weighted by molar-refractivity contribution is 8.17. The minimum absolute atomic E-state index is 0.169. The summed E-state index contributed by atoms with van der Waals surface area (Å²) in [6, 6.07) is 11.6. The SMILES string of the molecule is CCS(=O)(=O)NC(=O)c1ccc2c(c1)N(C[C@@H]1CC[C@H]1[C@](/C=C/C(C)C)(OC)C1SCCCS1)C[C@@]1(CCCc3cc(Cl)ccc31)CO2. The van der Waals surface area contributed by atoms with Gasteiger partial charge in [0.1, 0.15) is 11.4 Å². The molecule has 2 heterocycles. The molecule has 1 N–H and O–H groups in total. The van der Waals surface area contributed by atoms with Crippen molar-refractivity contribution in [1.82, 2.24) is 4.72 Å². The van der Waals surface area contributed by atoms with E-state index in [-0.39, 0.29) is 16.8 Å². The van der Waals surface area contributed by atoms with Crippen molar-refractivity contribution in [1.29, 1.82) is 0 Å². The first-order chi connectivity index (χ1) is 23.0. The third-order valence-corrected chi connectivity index (χ3v) is 15.4. The maximum Gasteiger partial charge on any atom is 0.264 e. The van der Waals surface area contributed by atoms with Gasteiger partial charge in [-0.2, -0.15) is 0 Å². The molecule has 4 aliphatic rings. The van der Waals surface area contributed by atoms with E-state index in [1.807, 2.05) is 48.8 Å². The Morgan fingerprint density at radius 2 is 1.98 bits per heavy atom. The summed E-state index contributed by atoms with van der Waals surface area (Å²) in [5.74, 6) is 3.34. The van der Waals surface area contributed by atoms with Crippen LogP contribution in [0.2, 0.25) is 5.02 Å². The average molecular weight is 733 g/mol. The number of anilines is 1. The number of hydrogen-bond acceptors (Lipinski definition) is 8. The van der Waals surface area contributed by atoms with Gasteiger partial charge in [0.2, 0.25) is 10.0 Å². The third kappa shape index (κ3) is 7.30. The smallest absolute Gasteiger partial charge is 0.264 e. The topological polar surface area (TPSA) is 84.9 Å². The van der Waals surface area contributed by atoms with Crippen molar-refractivity contribution in [2.24, 2.45) is 17.8 Å². The van der Waals surface area contributed by atoms with Crippen molar-refractivity contribution in [2.75, 3.05) is 49.0 Å². The molecule has 262 valence electrons. The normalized spacial score (nSPS) is 25.9. The van der Waals surface area contributed by atoms with E-state index in [9.17, 15) is 13.2 Å². The van der Waals surface area contributed by atoms with Crippen molar-refractivity contribution in [3.8, 4) is 5.75 Å². The number of nitrogens with zero attached hydrogens (tertiary/aromatic N) is 1. The summed E-state index contributed by atoms with van der Waals surface area (Å²) >= 11 is 10.5. The molecule has 1 saturated heterocycles. The maximum atomic E-state index is 13.2. The Hall–Kier alpha value is -1.85. The number of sulfonamides is 1. The van der Waals surface area contributed by atoms with Gasteiger partial charge in [-0.3, -0.25) is 4.79 Å². The quantitative estimate of drug-likeness (QED) is 0.249. The summed E-state index contributed by atoms with van der Waals surface area (Å²) < 4.78 is 40.5. The molecule has 4 atom stereocenters. The lowest BCUT2D eigenvalue weighted by Gasteiger charge is -2.53. The molecule has 2 aliphatic heterocycles. The number of benzene rings is 2. The van der Waals surface area contributed by atoms with E-state index in [0.29, 0.717) is 34.5 Å². The van der Waals surface area contributed by atoms with Gasteiger partial charge >= 0.3 is 0 Å². The number of methoxy groups -OCH3 is 1. The Morgan fingerprint density at radius 3 is 2.67 bits per heavy atom. The van der Waals surface area contributed by atoms with E-state index < -0.39 is 15.9 Å². The molecule has 1 saturated carbocycles. The molecule has 1 spiro atoms. The number of nitrogens with one attached hydrogen (secondary N) is 1. The summed E-state index contributed by atoms with van der Waals surface area (Å²) in [5.41, 5.74) is 3.07. The number of carbonyl (C=O) groups excluding carboxylic acids is 1. The van der Waals surface area contributed by atoms with Crippen LogP contribution in [0.3, 0.4) is 0 Å². The first kappa shape index (κ1) is 36.0. The van der Waals surface area contributed by atoms with Crippen LogP contribution < -0.4 is 14.4 Å². The molecule has 7 nitrogen and oxygen atoms in total. The minimum atomic E-state index is -3.71. The molecule has 1 amide bonds. The predicted molar refractivity (Wildman–Crippen MR) is 200 cm³/mol. The summed E-state index contributed by atoms with van der Waals surface area (Å²) in [4.78, 5) is 15.6. The zero-order chi connectivity index (χ0) is 34.1. The maximum absolute atomic E-state index is 13.2. The number of allylic oxidation sites excluding steroid dienone is 1. The number of halogens is 1. The van der Waals surface area contributed by atoms with Gasteiger partial charge in [0.05, 0.1) is 22.6 Å². The molecule has 0 radical (unpaired) electrons. The largest absolute Gasteiger partial charge is 0.490 e. The standard InChI is InChI=1S/C37H49ClN2O5S3/c1-5-48(42,43)39-34(41)27-10-14-33-32(21-27)40(23-36(24-45-33)16-6-8-26-20-29(38)11-13-30(26)36)22-28-9-12-31(28)37(44-4,17-15-25(2)3)35-46-18-7-19-47-35/h10-11,13-15,17,20-21,25,28,31,35H,5-9,12,16,18-19,22-24H2,1-4H3,(H,39,41)/b17-15+/t28-,31+,36-,37-/m0/s1. The molecule has 0 bridgehead atoms. The molecule has 6 rings (SSSR count).